The van der Waals surface area contributed by atoms with E-state index in [9.17, 15) is 4.79 Å². The summed E-state index contributed by atoms with van der Waals surface area (Å²) in [6.45, 7) is 4.57. The van der Waals surface area contributed by atoms with Crippen LogP contribution in [0.1, 0.15) is 6.92 Å². The molecule has 2 unspecified atom stereocenters. The standard InChI is InChI=1S/C6H10O3.C2H5NO/c1(5-3-8-5)7-2-6-4-9-6;1-2(3)4/h5-6H,1-4H2;1H3,(H2,3,4). The first-order valence-corrected chi connectivity index (χ1v) is 4.25. The number of rotatable bonds is 4. The van der Waals surface area contributed by atoms with Crippen LogP contribution in [0.25, 0.3) is 0 Å². The molecule has 0 aromatic rings. The van der Waals surface area contributed by atoms with E-state index >= 15 is 0 Å². The topological polar surface area (TPSA) is 77.4 Å². The minimum atomic E-state index is -0.333. The van der Waals surface area contributed by atoms with Crippen LogP contribution >= 0.6 is 0 Å². The van der Waals surface area contributed by atoms with Gasteiger partial charge in [-0.15, -0.1) is 0 Å². The van der Waals surface area contributed by atoms with Crippen LogP contribution in [0, 0.1) is 0 Å². The number of carbonyl (C=O) groups excluding carboxylic acids is 1. The Hall–Kier alpha value is -0.650. The van der Waals surface area contributed by atoms with Crippen molar-refractivity contribution < 1.29 is 19.0 Å². The van der Waals surface area contributed by atoms with Crippen LogP contribution in [0.2, 0.25) is 0 Å². The maximum atomic E-state index is 9.22. The van der Waals surface area contributed by atoms with Gasteiger partial charge in [0.2, 0.25) is 5.91 Å². The van der Waals surface area contributed by atoms with E-state index in [0.29, 0.717) is 12.2 Å². The van der Waals surface area contributed by atoms with Gasteiger partial charge in [0.15, 0.2) is 0 Å². The second kappa shape index (κ2) is 5.16. The number of hydrogen-bond donors (Lipinski definition) is 1. The van der Waals surface area contributed by atoms with Crippen molar-refractivity contribution in [2.45, 2.75) is 19.1 Å². The van der Waals surface area contributed by atoms with Gasteiger partial charge in [-0.05, 0) is 0 Å². The van der Waals surface area contributed by atoms with E-state index in [1.54, 1.807) is 0 Å². The smallest absolute Gasteiger partial charge is 0.214 e. The zero-order valence-corrected chi connectivity index (χ0v) is 7.69. The summed E-state index contributed by atoms with van der Waals surface area (Å²) in [6, 6.07) is 0. The normalized spacial score (nSPS) is 28.7. The van der Waals surface area contributed by atoms with E-state index in [1.807, 2.05) is 0 Å². The van der Waals surface area contributed by atoms with Gasteiger partial charge in [-0.3, -0.25) is 4.79 Å². The molecule has 1 amide bonds. The summed E-state index contributed by atoms with van der Waals surface area (Å²) in [4.78, 5) is 9.22. The zero-order valence-electron chi connectivity index (χ0n) is 7.69. The van der Waals surface area contributed by atoms with Gasteiger partial charge < -0.3 is 19.9 Å². The molecule has 76 valence electrons. The van der Waals surface area contributed by atoms with Crippen LogP contribution < -0.4 is 5.73 Å². The number of ether oxygens (including phenoxy) is 3. The molecule has 2 fully saturated rings. The van der Waals surface area contributed by atoms with Crippen molar-refractivity contribution in [2.75, 3.05) is 26.4 Å². The van der Waals surface area contributed by atoms with E-state index in [2.05, 4.69) is 5.73 Å². The first-order chi connectivity index (χ1) is 6.18. The fourth-order valence-electron chi connectivity index (χ4n) is 0.659. The van der Waals surface area contributed by atoms with Crippen LogP contribution in [0.15, 0.2) is 0 Å². The summed E-state index contributed by atoms with van der Waals surface area (Å²) in [5.41, 5.74) is 4.47. The molecule has 5 heteroatoms. The second-order valence-corrected chi connectivity index (χ2v) is 3.06. The highest BCUT2D eigenvalue weighted by molar-refractivity contribution is 5.70. The summed E-state index contributed by atoms with van der Waals surface area (Å²) in [6.07, 6.45) is 0.785. The maximum Gasteiger partial charge on any atom is 0.214 e. The number of hydrogen-bond acceptors (Lipinski definition) is 4. The average Bonchev–Trinajstić information content (AvgIpc) is 2.78. The van der Waals surface area contributed by atoms with Gasteiger partial charge in [0.05, 0.1) is 26.4 Å². The molecule has 0 radical (unpaired) electrons. The van der Waals surface area contributed by atoms with Crippen LogP contribution in [-0.4, -0.2) is 44.5 Å². The first-order valence-electron chi connectivity index (χ1n) is 4.25. The minimum absolute atomic E-state index is 0.333. The Balaban J connectivity index is 0.000000184. The SMILES string of the molecule is C(OCC1CO1)C1CO1.CC(N)=O. The lowest BCUT2D eigenvalue weighted by Crippen LogP contribution is -2.06. The van der Waals surface area contributed by atoms with Crippen molar-refractivity contribution in [3.63, 3.8) is 0 Å². The summed E-state index contributed by atoms with van der Waals surface area (Å²) in [5, 5.41) is 0. The number of primary amides is 1. The van der Waals surface area contributed by atoms with Crippen LogP contribution in [-0.2, 0) is 19.0 Å². The molecule has 2 N–H and O–H groups in total. The van der Waals surface area contributed by atoms with Crippen molar-refractivity contribution in [3.8, 4) is 0 Å². The second-order valence-electron chi connectivity index (χ2n) is 3.06. The van der Waals surface area contributed by atoms with Gasteiger partial charge in [0.25, 0.3) is 0 Å². The van der Waals surface area contributed by atoms with Crippen LogP contribution in [0.4, 0.5) is 0 Å². The van der Waals surface area contributed by atoms with Crippen LogP contribution in [0.5, 0.6) is 0 Å². The monoisotopic (exact) mass is 189 g/mol. The molecule has 2 aliphatic heterocycles. The molecule has 2 heterocycles. The third kappa shape index (κ3) is 7.70. The van der Waals surface area contributed by atoms with Gasteiger partial charge in [-0.2, -0.15) is 0 Å². The van der Waals surface area contributed by atoms with Crippen LogP contribution in [0.3, 0.4) is 0 Å². The third-order valence-electron chi connectivity index (χ3n) is 1.41. The van der Waals surface area contributed by atoms with E-state index in [1.165, 1.54) is 6.92 Å². The van der Waals surface area contributed by atoms with Crippen molar-refractivity contribution in [1.82, 2.24) is 0 Å². The number of nitrogens with two attached hydrogens (primary N) is 1. The molecule has 13 heavy (non-hydrogen) atoms. The lowest BCUT2D eigenvalue weighted by molar-refractivity contribution is -0.115. The molecule has 0 bridgehead atoms. The highest BCUT2D eigenvalue weighted by atomic mass is 16.6. The van der Waals surface area contributed by atoms with Crippen molar-refractivity contribution in [1.29, 1.82) is 0 Å². The Morgan fingerprint density at radius 3 is 1.92 bits per heavy atom. The summed E-state index contributed by atoms with van der Waals surface area (Å²) in [5.74, 6) is -0.333. The third-order valence-corrected chi connectivity index (χ3v) is 1.41. The first kappa shape index (κ1) is 10.4. The Morgan fingerprint density at radius 2 is 1.69 bits per heavy atom. The summed E-state index contributed by atoms with van der Waals surface area (Å²) in [7, 11) is 0. The largest absolute Gasteiger partial charge is 0.376 e. The molecule has 0 aliphatic carbocycles. The van der Waals surface area contributed by atoms with E-state index in [0.717, 1.165) is 26.4 Å². The number of carbonyl (C=O) groups is 1. The summed E-state index contributed by atoms with van der Waals surface area (Å²) >= 11 is 0. The molecule has 2 saturated heterocycles. The van der Waals surface area contributed by atoms with Gasteiger partial charge in [-0.1, -0.05) is 0 Å². The molecule has 2 rings (SSSR count). The van der Waals surface area contributed by atoms with E-state index < -0.39 is 0 Å². The van der Waals surface area contributed by atoms with Crippen molar-refractivity contribution in [2.24, 2.45) is 5.73 Å². The van der Waals surface area contributed by atoms with Gasteiger partial charge in [0.1, 0.15) is 12.2 Å². The zero-order chi connectivity index (χ0) is 9.68. The predicted molar refractivity (Wildman–Crippen MR) is 45.2 cm³/mol. The molecule has 5 nitrogen and oxygen atoms in total. The molecule has 2 aliphatic rings. The van der Waals surface area contributed by atoms with Gasteiger partial charge in [0, 0.05) is 6.92 Å². The van der Waals surface area contributed by atoms with E-state index in [-0.39, 0.29) is 5.91 Å². The van der Waals surface area contributed by atoms with Crippen molar-refractivity contribution in [3.05, 3.63) is 0 Å². The molecule has 0 aromatic carbocycles. The number of amides is 1. The molecular weight excluding hydrogens is 174 g/mol. The van der Waals surface area contributed by atoms with E-state index in [4.69, 9.17) is 14.2 Å². The Morgan fingerprint density at radius 1 is 1.38 bits per heavy atom. The lowest BCUT2D eigenvalue weighted by atomic mass is 10.5. The molecule has 0 saturated carbocycles. The Labute approximate surface area is 77.1 Å². The van der Waals surface area contributed by atoms with Crippen molar-refractivity contribution >= 4 is 5.91 Å². The Kier molecular flexibility index (Phi) is 4.14. The lowest BCUT2D eigenvalue weighted by Gasteiger charge is -1.95. The fraction of sp³-hybridized carbons (Fsp3) is 0.875. The van der Waals surface area contributed by atoms with Gasteiger partial charge >= 0.3 is 0 Å². The average molecular weight is 189 g/mol. The highest BCUT2D eigenvalue weighted by Gasteiger charge is 2.26. The summed E-state index contributed by atoms with van der Waals surface area (Å²) < 4.78 is 15.1. The fourth-order valence-corrected chi connectivity index (χ4v) is 0.659. The maximum absolute atomic E-state index is 9.22. The Bertz CT molecular complexity index is 150. The number of epoxide rings is 2. The predicted octanol–water partition coefficient (Wildman–Crippen LogP) is -0.708. The highest BCUT2D eigenvalue weighted by Crippen LogP contribution is 2.12. The molecule has 0 aromatic heterocycles. The quantitative estimate of drug-likeness (QED) is 0.593. The molecule has 2 atom stereocenters. The molecular formula is C8H15NO4. The minimum Gasteiger partial charge on any atom is -0.376 e. The molecule has 0 spiro atoms. The van der Waals surface area contributed by atoms with Gasteiger partial charge in [-0.25, -0.2) is 0 Å².